The van der Waals surface area contributed by atoms with Crippen LogP contribution < -0.4 is 0 Å². The number of hydrogen-bond donors (Lipinski definition) is 1. The number of nitrogens with zero attached hydrogens (tertiary/aromatic N) is 2. The van der Waals surface area contributed by atoms with Crippen LogP contribution in [0.1, 0.15) is 11.3 Å². The third-order valence-corrected chi connectivity index (χ3v) is 1.43. The van der Waals surface area contributed by atoms with Crippen LogP contribution in [0.2, 0.25) is 5.15 Å². The van der Waals surface area contributed by atoms with Gasteiger partial charge in [0, 0.05) is 5.56 Å². The van der Waals surface area contributed by atoms with Crippen molar-refractivity contribution in [2.45, 2.75) is 13.5 Å². The Bertz CT molecular complexity index is 239. The van der Waals surface area contributed by atoms with Crippen molar-refractivity contribution >= 4 is 11.6 Å². The van der Waals surface area contributed by atoms with Gasteiger partial charge in [0.05, 0.1) is 12.3 Å². The fourth-order valence-corrected chi connectivity index (χ4v) is 0.791. The second kappa shape index (κ2) is 2.94. The summed E-state index contributed by atoms with van der Waals surface area (Å²) in [7, 11) is 0. The Morgan fingerprint density at radius 3 is 2.80 bits per heavy atom. The summed E-state index contributed by atoms with van der Waals surface area (Å²) >= 11 is 5.56. The van der Waals surface area contributed by atoms with Crippen LogP contribution in [-0.2, 0) is 6.61 Å². The minimum absolute atomic E-state index is 0.0881. The molecule has 0 spiro atoms. The standard InChI is InChI=1S/C6H7ClN2O/c1-4-2-5(3-10)6(7)9-8-4/h2,10H,3H2,1H3. The zero-order valence-corrected chi connectivity index (χ0v) is 6.26. The Morgan fingerprint density at radius 2 is 2.30 bits per heavy atom. The summed E-state index contributed by atoms with van der Waals surface area (Å²) in [6.07, 6.45) is 0. The molecule has 0 saturated heterocycles. The molecule has 1 aromatic rings. The van der Waals surface area contributed by atoms with Crippen LogP contribution in [0.15, 0.2) is 6.07 Å². The lowest BCUT2D eigenvalue weighted by Gasteiger charge is -1.97. The summed E-state index contributed by atoms with van der Waals surface area (Å²) in [5.74, 6) is 0. The van der Waals surface area contributed by atoms with Gasteiger partial charge in [0.15, 0.2) is 5.15 Å². The first kappa shape index (κ1) is 7.44. The third-order valence-electron chi connectivity index (χ3n) is 1.11. The van der Waals surface area contributed by atoms with E-state index in [0.29, 0.717) is 5.56 Å². The van der Waals surface area contributed by atoms with Gasteiger partial charge < -0.3 is 5.11 Å². The molecule has 1 rings (SSSR count). The van der Waals surface area contributed by atoms with E-state index in [0.717, 1.165) is 5.69 Å². The van der Waals surface area contributed by atoms with Crippen molar-refractivity contribution in [3.05, 3.63) is 22.5 Å². The van der Waals surface area contributed by atoms with Crippen LogP contribution in [0.5, 0.6) is 0 Å². The van der Waals surface area contributed by atoms with Gasteiger partial charge in [-0.15, -0.1) is 5.10 Å². The highest BCUT2D eigenvalue weighted by Gasteiger charge is 1.99. The summed E-state index contributed by atoms with van der Waals surface area (Å²) in [6, 6.07) is 1.70. The van der Waals surface area contributed by atoms with Gasteiger partial charge in [0.2, 0.25) is 0 Å². The average molecular weight is 159 g/mol. The van der Waals surface area contributed by atoms with E-state index in [1.165, 1.54) is 0 Å². The summed E-state index contributed by atoms with van der Waals surface area (Å²) in [4.78, 5) is 0. The quantitative estimate of drug-likeness (QED) is 0.662. The van der Waals surface area contributed by atoms with Crippen molar-refractivity contribution in [2.24, 2.45) is 0 Å². The SMILES string of the molecule is Cc1cc(CO)c(Cl)nn1. The number of rotatable bonds is 1. The molecule has 54 valence electrons. The van der Waals surface area contributed by atoms with E-state index in [4.69, 9.17) is 16.7 Å². The number of halogens is 1. The Kier molecular flexibility index (Phi) is 2.19. The largest absolute Gasteiger partial charge is 0.392 e. The van der Waals surface area contributed by atoms with Gasteiger partial charge in [-0.05, 0) is 13.0 Å². The van der Waals surface area contributed by atoms with Crippen LogP contribution in [0.4, 0.5) is 0 Å². The monoisotopic (exact) mass is 158 g/mol. The first-order chi connectivity index (χ1) is 4.74. The molecule has 0 aliphatic rings. The Hall–Kier alpha value is -0.670. The molecule has 0 fully saturated rings. The topological polar surface area (TPSA) is 46.0 Å². The second-order valence-corrected chi connectivity index (χ2v) is 2.32. The van der Waals surface area contributed by atoms with Crippen molar-refractivity contribution in [1.29, 1.82) is 0 Å². The first-order valence-electron chi connectivity index (χ1n) is 2.83. The maximum absolute atomic E-state index is 8.69. The predicted molar refractivity (Wildman–Crippen MR) is 37.7 cm³/mol. The van der Waals surface area contributed by atoms with E-state index in [1.54, 1.807) is 13.0 Å². The molecule has 1 aromatic heterocycles. The van der Waals surface area contributed by atoms with Crippen molar-refractivity contribution < 1.29 is 5.11 Å². The average Bonchev–Trinajstić information content (AvgIpc) is 1.94. The first-order valence-corrected chi connectivity index (χ1v) is 3.21. The molecule has 0 aromatic carbocycles. The van der Waals surface area contributed by atoms with Crippen LogP contribution in [-0.4, -0.2) is 15.3 Å². The van der Waals surface area contributed by atoms with Gasteiger partial charge in [-0.2, -0.15) is 5.10 Å². The molecule has 3 nitrogen and oxygen atoms in total. The number of aromatic nitrogens is 2. The van der Waals surface area contributed by atoms with Crippen LogP contribution >= 0.6 is 11.6 Å². The molecule has 0 aliphatic heterocycles. The fraction of sp³-hybridized carbons (Fsp3) is 0.333. The predicted octanol–water partition coefficient (Wildman–Crippen LogP) is 0.931. The number of hydrogen-bond acceptors (Lipinski definition) is 3. The molecule has 1 heterocycles. The van der Waals surface area contributed by atoms with Crippen molar-refractivity contribution in [1.82, 2.24) is 10.2 Å². The molecular weight excluding hydrogens is 152 g/mol. The van der Waals surface area contributed by atoms with Crippen LogP contribution in [0.25, 0.3) is 0 Å². The van der Waals surface area contributed by atoms with Crippen LogP contribution in [0.3, 0.4) is 0 Å². The smallest absolute Gasteiger partial charge is 0.157 e. The number of aliphatic hydroxyl groups excluding tert-OH is 1. The van der Waals surface area contributed by atoms with Crippen molar-refractivity contribution in [3.8, 4) is 0 Å². The van der Waals surface area contributed by atoms with Gasteiger partial charge in [-0.25, -0.2) is 0 Å². The highest BCUT2D eigenvalue weighted by atomic mass is 35.5. The zero-order chi connectivity index (χ0) is 7.56. The number of aliphatic hydroxyl groups is 1. The lowest BCUT2D eigenvalue weighted by molar-refractivity contribution is 0.281. The normalized spacial score (nSPS) is 9.90. The maximum atomic E-state index is 8.69. The number of aryl methyl sites for hydroxylation is 1. The van der Waals surface area contributed by atoms with Crippen molar-refractivity contribution in [3.63, 3.8) is 0 Å². The lowest BCUT2D eigenvalue weighted by atomic mass is 10.3. The third kappa shape index (κ3) is 1.43. The minimum Gasteiger partial charge on any atom is -0.392 e. The molecule has 10 heavy (non-hydrogen) atoms. The van der Waals surface area contributed by atoms with Crippen LogP contribution in [0, 0.1) is 6.92 Å². The van der Waals surface area contributed by atoms with E-state index in [9.17, 15) is 0 Å². The molecule has 0 unspecified atom stereocenters. The molecular formula is C6H7ClN2O. The fourth-order valence-electron chi connectivity index (χ4n) is 0.638. The highest BCUT2D eigenvalue weighted by Crippen LogP contribution is 2.11. The second-order valence-electron chi connectivity index (χ2n) is 1.96. The zero-order valence-electron chi connectivity index (χ0n) is 5.50. The van der Waals surface area contributed by atoms with E-state index in [2.05, 4.69) is 10.2 Å². The van der Waals surface area contributed by atoms with Gasteiger partial charge >= 0.3 is 0 Å². The summed E-state index contributed by atoms with van der Waals surface area (Å²) < 4.78 is 0. The minimum atomic E-state index is -0.0881. The van der Waals surface area contributed by atoms with Gasteiger partial charge in [0.1, 0.15) is 0 Å². The van der Waals surface area contributed by atoms with Gasteiger partial charge in [-0.1, -0.05) is 11.6 Å². The maximum Gasteiger partial charge on any atom is 0.157 e. The van der Waals surface area contributed by atoms with E-state index in [-0.39, 0.29) is 11.8 Å². The molecule has 0 bridgehead atoms. The summed E-state index contributed by atoms with van der Waals surface area (Å²) in [6.45, 7) is 1.71. The van der Waals surface area contributed by atoms with Gasteiger partial charge in [0.25, 0.3) is 0 Å². The van der Waals surface area contributed by atoms with E-state index in [1.807, 2.05) is 0 Å². The Labute approximate surface area is 63.7 Å². The molecule has 0 atom stereocenters. The highest BCUT2D eigenvalue weighted by molar-refractivity contribution is 6.30. The van der Waals surface area contributed by atoms with Crippen molar-refractivity contribution in [2.75, 3.05) is 0 Å². The molecule has 0 radical (unpaired) electrons. The summed E-state index contributed by atoms with van der Waals surface area (Å²) in [5.41, 5.74) is 1.38. The Morgan fingerprint density at radius 1 is 1.60 bits per heavy atom. The van der Waals surface area contributed by atoms with Gasteiger partial charge in [-0.3, -0.25) is 0 Å². The Balaban J connectivity index is 3.09. The molecule has 0 saturated carbocycles. The summed E-state index contributed by atoms with van der Waals surface area (Å²) in [5, 5.41) is 16.3. The molecule has 4 heteroatoms. The lowest BCUT2D eigenvalue weighted by Crippen LogP contribution is -1.93. The van der Waals surface area contributed by atoms with E-state index < -0.39 is 0 Å². The molecule has 1 N–H and O–H groups in total. The van der Waals surface area contributed by atoms with E-state index >= 15 is 0 Å². The molecule has 0 amide bonds. The molecule has 0 aliphatic carbocycles.